The summed E-state index contributed by atoms with van der Waals surface area (Å²) in [5, 5.41) is 22.8. The van der Waals surface area contributed by atoms with Crippen LogP contribution in [0.25, 0.3) is 6.08 Å². The Bertz CT molecular complexity index is 640. The van der Waals surface area contributed by atoms with Crippen LogP contribution in [0, 0.1) is 21.4 Å². The third-order valence-electron chi connectivity index (χ3n) is 3.70. The molecular formula is C16H17N3O3. The van der Waals surface area contributed by atoms with Gasteiger partial charge in [0.25, 0.3) is 11.6 Å². The number of nitrogens with one attached hydrogen (secondary N) is 1. The van der Waals surface area contributed by atoms with E-state index in [4.69, 9.17) is 5.26 Å². The van der Waals surface area contributed by atoms with E-state index in [1.807, 2.05) is 6.07 Å². The minimum absolute atomic E-state index is 0.0360. The fourth-order valence-corrected chi connectivity index (χ4v) is 2.55. The Hall–Kier alpha value is -2.68. The van der Waals surface area contributed by atoms with Crippen molar-refractivity contribution in [3.05, 3.63) is 45.5 Å². The number of carbonyl (C=O) groups is 1. The van der Waals surface area contributed by atoms with Crippen LogP contribution < -0.4 is 5.32 Å². The number of non-ortho nitro benzene ring substituents is 1. The minimum Gasteiger partial charge on any atom is -0.349 e. The van der Waals surface area contributed by atoms with Gasteiger partial charge in [-0.1, -0.05) is 31.4 Å². The van der Waals surface area contributed by atoms with Crippen molar-refractivity contribution in [1.82, 2.24) is 5.32 Å². The summed E-state index contributed by atoms with van der Waals surface area (Å²) < 4.78 is 0. The van der Waals surface area contributed by atoms with Crippen molar-refractivity contribution < 1.29 is 9.72 Å². The van der Waals surface area contributed by atoms with Crippen molar-refractivity contribution in [2.75, 3.05) is 0 Å². The van der Waals surface area contributed by atoms with E-state index in [1.54, 1.807) is 6.07 Å². The van der Waals surface area contributed by atoms with Gasteiger partial charge in [-0.3, -0.25) is 14.9 Å². The average molecular weight is 299 g/mol. The Balaban J connectivity index is 2.12. The lowest BCUT2D eigenvalue weighted by Crippen LogP contribution is -2.36. The van der Waals surface area contributed by atoms with E-state index in [9.17, 15) is 14.9 Å². The van der Waals surface area contributed by atoms with Crippen LogP contribution in [0.1, 0.15) is 37.7 Å². The molecule has 114 valence electrons. The van der Waals surface area contributed by atoms with E-state index in [0.29, 0.717) is 5.56 Å². The molecule has 1 saturated carbocycles. The lowest BCUT2D eigenvalue weighted by Gasteiger charge is -2.22. The zero-order valence-corrected chi connectivity index (χ0v) is 12.1. The summed E-state index contributed by atoms with van der Waals surface area (Å²) in [6.07, 6.45) is 6.59. The van der Waals surface area contributed by atoms with Crippen LogP contribution in [-0.2, 0) is 4.79 Å². The molecule has 22 heavy (non-hydrogen) atoms. The van der Waals surface area contributed by atoms with E-state index in [-0.39, 0.29) is 17.3 Å². The van der Waals surface area contributed by atoms with Crippen LogP contribution in [0.4, 0.5) is 5.69 Å². The number of hydrogen-bond donors (Lipinski definition) is 1. The Morgan fingerprint density at radius 3 is 2.73 bits per heavy atom. The molecule has 1 aromatic rings. The molecular weight excluding hydrogens is 282 g/mol. The van der Waals surface area contributed by atoms with Crippen molar-refractivity contribution in [1.29, 1.82) is 5.26 Å². The van der Waals surface area contributed by atoms with E-state index in [1.165, 1.54) is 30.7 Å². The van der Waals surface area contributed by atoms with Gasteiger partial charge in [-0.05, 0) is 24.5 Å². The standard InChI is InChI=1S/C16H17N3O3/c17-11-13(16(20)18-14-6-2-1-3-7-14)9-12-5-4-8-15(10-12)19(21)22/h4-5,8-10,14H,1-3,6-7H2,(H,18,20)/b13-9+. The molecule has 1 N–H and O–H groups in total. The highest BCUT2D eigenvalue weighted by atomic mass is 16.6. The van der Waals surface area contributed by atoms with Crippen molar-refractivity contribution in [2.24, 2.45) is 0 Å². The number of carbonyl (C=O) groups excluding carboxylic acids is 1. The first-order valence-electron chi connectivity index (χ1n) is 7.27. The van der Waals surface area contributed by atoms with Crippen molar-refractivity contribution in [3.63, 3.8) is 0 Å². The van der Waals surface area contributed by atoms with Crippen LogP contribution in [-0.4, -0.2) is 16.9 Å². The van der Waals surface area contributed by atoms with Gasteiger partial charge >= 0.3 is 0 Å². The summed E-state index contributed by atoms with van der Waals surface area (Å²) in [5.41, 5.74) is 0.356. The quantitative estimate of drug-likeness (QED) is 0.400. The first-order valence-corrected chi connectivity index (χ1v) is 7.27. The van der Waals surface area contributed by atoms with E-state index in [2.05, 4.69) is 5.32 Å². The van der Waals surface area contributed by atoms with E-state index >= 15 is 0 Å². The molecule has 1 aliphatic rings. The highest BCUT2D eigenvalue weighted by Gasteiger charge is 2.18. The number of nitriles is 1. The van der Waals surface area contributed by atoms with Gasteiger partial charge < -0.3 is 5.32 Å². The van der Waals surface area contributed by atoms with Crippen LogP contribution in [0.15, 0.2) is 29.8 Å². The Morgan fingerprint density at radius 2 is 2.09 bits per heavy atom. The van der Waals surface area contributed by atoms with Crippen molar-refractivity contribution >= 4 is 17.7 Å². The zero-order valence-electron chi connectivity index (χ0n) is 12.1. The van der Waals surface area contributed by atoms with Crippen molar-refractivity contribution in [3.8, 4) is 6.07 Å². The minimum atomic E-state index is -0.508. The van der Waals surface area contributed by atoms with Gasteiger partial charge in [-0.2, -0.15) is 5.26 Å². The lowest BCUT2D eigenvalue weighted by molar-refractivity contribution is -0.384. The van der Waals surface area contributed by atoms with E-state index < -0.39 is 10.8 Å². The molecule has 0 atom stereocenters. The number of nitro benzene ring substituents is 1. The third-order valence-corrected chi connectivity index (χ3v) is 3.70. The molecule has 2 rings (SSSR count). The number of nitro groups is 1. The average Bonchev–Trinajstić information content (AvgIpc) is 2.53. The molecule has 0 bridgehead atoms. The van der Waals surface area contributed by atoms with Crippen molar-refractivity contribution in [2.45, 2.75) is 38.1 Å². The molecule has 1 aromatic carbocycles. The Labute approximate surface area is 128 Å². The molecule has 0 aromatic heterocycles. The topological polar surface area (TPSA) is 96.0 Å². The van der Waals surface area contributed by atoms with Gasteiger partial charge in [0.1, 0.15) is 11.6 Å². The van der Waals surface area contributed by atoms with Crippen LogP contribution >= 0.6 is 0 Å². The summed E-state index contributed by atoms with van der Waals surface area (Å²) in [4.78, 5) is 22.4. The predicted octanol–water partition coefficient (Wildman–Crippen LogP) is 2.95. The predicted molar refractivity (Wildman–Crippen MR) is 81.7 cm³/mol. The maximum Gasteiger partial charge on any atom is 0.270 e. The fourth-order valence-electron chi connectivity index (χ4n) is 2.55. The molecule has 1 aliphatic carbocycles. The summed E-state index contributed by atoms with van der Waals surface area (Å²) in [6, 6.07) is 7.84. The van der Waals surface area contributed by atoms with Crippen LogP contribution in [0.5, 0.6) is 0 Å². The smallest absolute Gasteiger partial charge is 0.270 e. The SMILES string of the molecule is N#C/C(=C\c1cccc([N+](=O)[O-])c1)C(=O)NC1CCCCC1. The Morgan fingerprint density at radius 1 is 1.36 bits per heavy atom. The summed E-state index contributed by atoms with van der Waals surface area (Å²) in [5.74, 6) is -0.416. The molecule has 0 aliphatic heterocycles. The fraction of sp³-hybridized carbons (Fsp3) is 0.375. The number of amides is 1. The van der Waals surface area contributed by atoms with Gasteiger partial charge in [0.2, 0.25) is 0 Å². The summed E-state index contributed by atoms with van der Waals surface area (Å²) in [6.45, 7) is 0. The first kappa shape index (κ1) is 15.7. The number of rotatable bonds is 4. The second-order valence-electron chi connectivity index (χ2n) is 5.33. The molecule has 0 saturated heterocycles. The molecule has 1 fully saturated rings. The monoisotopic (exact) mass is 299 g/mol. The number of benzene rings is 1. The molecule has 6 nitrogen and oxygen atoms in total. The lowest BCUT2D eigenvalue weighted by atomic mass is 9.95. The number of hydrogen-bond acceptors (Lipinski definition) is 4. The molecule has 0 unspecified atom stereocenters. The first-order chi connectivity index (χ1) is 10.6. The highest BCUT2D eigenvalue weighted by Crippen LogP contribution is 2.19. The second kappa shape index (κ2) is 7.36. The van der Waals surface area contributed by atoms with Gasteiger partial charge in [-0.15, -0.1) is 0 Å². The largest absolute Gasteiger partial charge is 0.349 e. The van der Waals surface area contributed by atoms with Gasteiger partial charge in [0.15, 0.2) is 0 Å². The molecule has 0 spiro atoms. The Kier molecular flexibility index (Phi) is 5.26. The summed E-state index contributed by atoms with van der Waals surface area (Å²) in [7, 11) is 0. The normalized spacial score (nSPS) is 15.9. The number of nitrogens with zero attached hydrogens (tertiary/aromatic N) is 2. The summed E-state index contributed by atoms with van der Waals surface area (Å²) >= 11 is 0. The maximum absolute atomic E-state index is 12.1. The maximum atomic E-state index is 12.1. The van der Waals surface area contributed by atoms with Gasteiger partial charge in [-0.25, -0.2) is 0 Å². The van der Waals surface area contributed by atoms with Gasteiger partial charge in [0.05, 0.1) is 4.92 Å². The zero-order chi connectivity index (χ0) is 15.9. The van der Waals surface area contributed by atoms with Crippen LogP contribution in [0.2, 0.25) is 0 Å². The van der Waals surface area contributed by atoms with Gasteiger partial charge in [0, 0.05) is 18.2 Å². The molecule has 0 radical (unpaired) electrons. The molecule has 1 amide bonds. The second-order valence-corrected chi connectivity index (χ2v) is 5.33. The molecule has 0 heterocycles. The van der Waals surface area contributed by atoms with Crippen LogP contribution in [0.3, 0.4) is 0 Å². The molecule has 6 heteroatoms. The highest BCUT2D eigenvalue weighted by molar-refractivity contribution is 6.01. The third kappa shape index (κ3) is 4.16. The van der Waals surface area contributed by atoms with E-state index in [0.717, 1.165) is 25.7 Å².